The second kappa shape index (κ2) is 9.70. The van der Waals surface area contributed by atoms with E-state index in [9.17, 15) is 9.90 Å². The highest BCUT2D eigenvalue weighted by atomic mass is 32.2. The summed E-state index contributed by atoms with van der Waals surface area (Å²) < 4.78 is 5.07. The Bertz CT molecular complexity index is 300. The van der Waals surface area contributed by atoms with E-state index in [1.807, 2.05) is 18.7 Å². The Morgan fingerprint density at radius 1 is 1.29 bits per heavy atom. The maximum absolute atomic E-state index is 11.7. The zero-order valence-corrected chi connectivity index (χ0v) is 14.6. The van der Waals surface area contributed by atoms with Crippen molar-refractivity contribution in [3.63, 3.8) is 0 Å². The number of aliphatic hydroxyl groups is 1. The maximum atomic E-state index is 11.7. The van der Waals surface area contributed by atoms with Crippen LogP contribution in [0.5, 0.6) is 0 Å². The molecular formula is C16H31NO3S. The lowest BCUT2D eigenvalue weighted by Gasteiger charge is -2.35. The van der Waals surface area contributed by atoms with Crippen molar-refractivity contribution in [2.45, 2.75) is 52.1 Å². The van der Waals surface area contributed by atoms with Crippen LogP contribution >= 0.6 is 11.8 Å². The first-order chi connectivity index (χ1) is 10.0. The highest BCUT2D eigenvalue weighted by molar-refractivity contribution is 7.99. The Morgan fingerprint density at radius 3 is 2.43 bits per heavy atom. The normalized spacial score (nSPS) is 26.0. The summed E-state index contributed by atoms with van der Waals surface area (Å²) in [6, 6.07) is 0. The predicted molar refractivity (Wildman–Crippen MR) is 88.7 cm³/mol. The maximum Gasteiger partial charge on any atom is 0.308 e. The molecule has 0 aromatic heterocycles. The lowest BCUT2D eigenvalue weighted by molar-refractivity contribution is -0.150. The average Bonchev–Trinajstić information content (AvgIpc) is 2.48. The van der Waals surface area contributed by atoms with Crippen LogP contribution < -0.4 is 0 Å². The molecule has 0 amide bonds. The van der Waals surface area contributed by atoms with Crippen LogP contribution in [0.25, 0.3) is 0 Å². The Hall–Kier alpha value is -0.260. The summed E-state index contributed by atoms with van der Waals surface area (Å²) in [4.78, 5) is 14.1. The van der Waals surface area contributed by atoms with Gasteiger partial charge >= 0.3 is 5.97 Å². The first-order valence-corrected chi connectivity index (χ1v) is 9.39. The van der Waals surface area contributed by atoms with E-state index >= 15 is 0 Å². The molecule has 0 aromatic carbocycles. The number of nitrogens with zero attached hydrogens (tertiary/aromatic N) is 1. The molecule has 1 N–H and O–H groups in total. The number of carbonyl (C=O) groups excluding carboxylic acids is 1. The minimum Gasteiger partial charge on any atom is -0.466 e. The molecule has 4 nitrogen and oxygen atoms in total. The third-order valence-electron chi connectivity index (χ3n) is 4.35. The van der Waals surface area contributed by atoms with Gasteiger partial charge in [0.15, 0.2) is 0 Å². The minimum absolute atomic E-state index is 0.00843. The quantitative estimate of drug-likeness (QED) is 0.523. The highest BCUT2D eigenvalue weighted by Gasteiger charge is 2.36. The standard InChI is InChI=1S/C16H31NO3S/c1-4-17(5-2)11-12-21-13-16(19)9-7-14(8-10-16)15(18)20-6-3/h14,19H,4-13H2,1-3H3. The molecule has 1 rings (SSSR count). The first-order valence-electron chi connectivity index (χ1n) is 8.23. The van der Waals surface area contributed by atoms with Crippen LogP contribution in [0.1, 0.15) is 46.5 Å². The van der Waals surface area contributed by atoms with Crippen molar-refractivity contribution in [1.82, 2.24) is 4.90 Å². The van der Waals surface area contributed by atoms with Gasteiger partial charge in [0.25, 0.3) is 0 Å². The van der Waals surface area contributed by atoms with Gasteiger partial charge in [-0.05, 0) is 45.7 Å². The molecular weight excluding hydrogens is 286 g/mol. The van der Waals surface area contributed by atoms with E-state index in [1.54, 1.807) is 0 Å². The lowest BCUT2D eigenvalue weighted by Crippen LogP contribution is -2.39. The number of ether oxygens (including phenoxy) is 1. The van der Waals surface area contributed by atoms with Crippen LogP contribution in [0.3, 0.4) is 0 Å². The Kier molecular flexibility index (Phi) is 8.67. The van der Waals surface area contributed by atoms with Gasteiger partial charge in [0.05, 0.1) is 18.1 Å². The zero-order valence-electron chi connectivity index (χ0n) is 13.8. The van der Waals surface area contributed by atoms with E-state index in [0.29, 0.717) is 6.61 Å². The monoisotopic (exact) mass is 317 g/mol. The fourth-order valence-corrected chi connectivity index (χ4v) is 3.99. The lowest BCUT2D eigenvalue weighted by atomic mass is 9.80. The van der Waals surface area contributed by atoms with Gasteiger partial charge in [0.1, 0.15) is 0 Å². The highest BCUT2D eigenvalue weighted by Crippen LogP contribution is 2.35. The second-order valence-electron chi connectivity index (χ2n) is 5.83. The zero-order chi connectivity index (χ0) is 15.7. The summed E-state index contributed by atoms with van der Waals surface area (Å²) in [6.45, 7) is 9.89. The van der Waals surface area contributed by atoms with Crippen molar-refractivity contribution in [3.8, 4) is 0 Å². The molecule has 0 aromatic rings. The van der Waals surface area contributed by atoms with Gasteiger partial charge in [-0.2, -0.15) is 11.8 Å². The van der Waals surface area contributed by atoms with Crippen molar-refractivity contribution >= 4 is 17.7 Å². The molecule has 1 aliphatic carbocycles. The number of thioether (sulfide) groups is 1. The van der Waals surface area contributed by atoms with Crippen LogP contribution in [0.2, 0.25) is 0 Å². The molecule has 124 valence electrons. The predicted octanol–water partition coefficient (Wildman–Crippen LogP) is 2.55. The molecule has 5 heteroatoms. The van der Waals surface area contributed by atoms with Gasteiger partial charge in [0.2, 0.25) is 0 Å². The molecule has 0 heterocycles. The number of carbonyl (C=O) groups is 1. The van der Waals surface area contributed by atoms with Crippen LogP contribution in [0.4, 0.5) is 0 Å². The SMILES string of the molecule is CCOC(=O)C1CCC(O)(CSCCN(CC)CC)CC1. The molecule has 1 saturated carbocycles. The molecule has 21 heavy (non-hydrogen) atoms. The summed E-state index contributed by atoms with van der Waals surface area (Å²) in [7, 11) is 0. The summed E-state index contributed by atoms with van der Waals surface area (Å²) in [5.41, 5.74) is -0.586. The first kappa shape index (κ1) is 18.8. The van der Waals surface area contributed by atoms with Gasteiger partial charge in [-0.25, -0.2) is 0 Å². The Labute approximate surface area is 133 Å². The van der Waals surface area contributed by atoms with Gasteiger partial charge in [-0.1, -0.05) is 13.8 Å². The minimum atomic E-state index is -0.586. The van der Waals surface area contributed by atoms with Crippen molar-refractivity contribution in [1.29, 1.82) is 0 Å². The van der Waals surface area contributed by atoms with Gasteiger partial charge < -0.3 is 14.7 Å². The fourth-order valence-electron chi connectivity index (χ4n) is 2.79. The number of rotatable bonds is 9. The second-order valence-corrected chi connectivity index (χ2v) is 6.94. The topological polar surface area (TPSA) is 49.8 Å². The summed E-state index contributed by atoms with van der Waals surface area (Å²) in [6.07, 6.45) is 2.95. The van der Waals surface area contributed by atoms with E-state index < -0.39 is 5.60 Å². The van der Waals surface area contributed by atoms with E-state index in [1.165, 1.54) is 0 Å². The van der Waals surface area contributed by atoms with E-state index in [0.717, 1.165) is 56.8 Å². The fraction of sp³-hybridized carbons (Fsp3) is 0.938. The third kappa shape index (κ3) is 6.57. The number of hydrogen-bond acceptors (Lipinski definition) is 5. The molecule has 1 fully saturated rings. The van der Waals surface area contributed by atoms with Crippen molar-refractivity contribution in [2.24, 2.45) is 5.92 Å². The Balaban J connectivity index is 2.23. The van der Waals surface area contributed by atoms with Crippen LogP contribution in [-0.4, -0.2) is 59.3 Å². The molecule has 0 unspecified atom stereocenters. The summed E-state index contributed by atoms with van der Waals surface area (Å²) >= 11 is 1.83. The van der Waals surface area contributed by atoms with Crippen LogP contribution in [-0.2, 0) is 9.53 Å². The molecule has 1 aliphatic rings. The largest absolute Gasteiger partial charge is 0.466 e. The molecule has 0 bridgehead atoms. The van der Waals surface area contributed by atoms with Gasteiger partial charge in [0, 0.05) is 18.1 Å². The average molecular weight is 317 g/mol. The van der Waals surface area contributed by atoms with Gasteiger partial charge in [-0.3, -0.25) is 4.79 Å². The summed E-state index contributed by atoms with van der Waals surface area (Å²) in [5, 5.41) is 10.6. The number of esters is 1. The molecule has 0 spiro atoms. The third-order valence-corrected chi connectivity index (χ3v) is 5.57. The molecule has 0 saturated heterocycles. The van der Waals surface area contributed by atoms with E-state index in [4.69, 9.17) is 4.74 Å². The van der Waals surface area contributed by atoms with Crippen molar-refractivity contribution < 1.29 is 14.6 Å². The summed E-state index contributed by atoms with van der Waals surface area (Å²) in [5.74, 6) is 1.74. The van der Waals surface area contributed by atoms with Crippen molar-refractivity contribution in [2.75, 3.05) is 37.7 Å². The van der Waals surface area contributed by atoms with E-state index in [-0.39, 0.29) is 11.9 Å². The molecule has 0 radical (unpaired) electrons. The van der Waals surface area contributed by atoms with Crippen LogP contribution in [0, 0.1) is 5.92 Å². The van der Waals surface area contributed by atoms with Crippen LogP contribution in [0.15, 0.2) is 0 Å². The molecule has 0 aliphatic heterocycles. The smallest absolute Gasteiger partial charge is 0.308 e. The van der Waals surface area contributed by atoms with E-state index in [2.05, 4.69) is 18.7 Å². The van der Waals surface area contributed by atoms with Crippen molar-refractivity contribution in [3.05, 3.63) is 0 Å². The number of hydrogen-bond donors (Lipinski definition) is 1. The Morgan fingerprint density at radius 2 is 1.90 bits per heavy atom. The van der Waals surface area contributed by atoms with Gasteiger partial charge in [-0.15, -0.1) is 0 Å². The molecule has 0 atom stereocenters.